The summed E-state index contributed by atoms with van der Waals surface area (Å²) in [5.41, 5.74) is 2.04. The molecule has 0 unspecified atom stereocenters. The molecule has 0 saturated carbocycles. The van der Waals surface area contributed by atoms with Gasteiger partial charge in [0.15, 0.2) is 5.11 Å². The van der Waals surface area contributed by atoms with E-state index in [4.69, 9.17) is 12.2 Å². The molecule has 0 radical (unpaired) electrons. The standard InChI is InChI=1S/C19H14N4O3S/c24-15(10-12-17(25)21-19(27)22-18(12)26)23-14-9-5-4-8-13(14)20-16(23)11-6-2-1-3-7-11/h1-9,12H,10H2,(H2,21,22,25,26,27). The fourth-order valence-corrected chi connectivity index (χ4v) is 3.26. The number of nitrogens with zero attached hydrogens (tertiary/aromatic N) is 2. The summed E-state index contributed by atoms with van der Waals surface area (Å²) in [6.07, 6.45) is -0.291. The Morgan fingerprint density at radius 1 is 1.00 bits per heavy atom. The Labute approximate surface area is 159 Å². The summed E-state index contributed by atoms with van der Waals surface area (Å²) in [7, 11) is 0. The van der Waals surface area contributed by atoms with Crippen LogP contribution >= 0.6 is 12.2 Å². The first-order valence-corrected chi connectivity index (χ1v) is 8.67. The second-order valence-electron chi connectivity index (χ2n) is 6.08. The zero-order chi connectivity index (χ0) is 19.0. The smallest absolute Gasteiger partial charge is 0.239 e. The number of fused-ring (bicyclic) bond motifs is 1. The Morgan fingerprint density at radius 3 is 2.33 bits per heavy atom. The normalized spacial score (nSPS) is 14.9. The molecule has 2 aromatic carbocycles. The molecule has 2 heterocycles. The molecule has 8 heteroatoms. The molecule has 4 rings (SSSR count). The van der Waals surface area contributed by atoms with Crippen LogP contribution in [0.2, 0.25) is 0 Å². The van der Waals surface area contributed by atoms with Crippen LogP contribution in [0.4, 0.5) is 0 Å². The quantitative estimate of drug-likeness (QED) is 0.536. The molecule has 1 fully saturated rings. The van der Waals surface area contributed by atoms with Crippen LogP contribution in [-0.4, -0.2) is 32.4 Å². The van der Waals surface area contributed by atoms with Crippen molar-refractivity contribution in [2.45, 2.75) is 6.42 Å². The van der Waals surface area contributed by atoms with E-state index in [1.165, 1.54) is 4.57 Å². The van der Waals surface area contributed by atoms with Gasteiger partial charge in [-0.05, 0) is 24.4 Å². The fourth-order valence-electron chi connectivity index (χ4n) is 3.06. The molecular formula is C19H14N4O3S. The zero-order valence-corrected chi connectivity index (χ0v) is 14.8. The predicted octanol–water partition coefficient (Wildman–Crippen LogP) is 1.88. The summed E-state index contributed by atoms with van der Waals surface area (Å²) >= 11 is 4.79. The molecule has 2 N–H and O–H groups in total. The van der Waals surface area contributed by atoms with Gasteiger partial charge in [-0.15, -0.1) is 0 Å². The van der Waals surface area contributed by atoms with Gasteiger partial charge in [-0.2, -0.15) is 0 Å². The molecular weight excluding hydrogens is 364 g/mol. The molecule has 0 atom stereocenters. The maximum Gasteiger partial charge on any atom is 0.239 e. The van der Waals surface area contributed by atoms with Crippen molar-refractivity contribution in [3.63, 3.8) is 0 Å². The van der Waals surface area contributed by atoms with E-state index in [0.717, 1.165) is 5.56 Å². The minimum Gasteiger partial charge on any atom is -0.302 e. The van der Waals surface area contributed by atoms with Gasteiger partial charge in [0.05, 0.1) is 11.0 Å². The van der Waals surface area contributed by atoms with Gasteiger partial charge in [0, 0.05) is 12.0 Å². The molecule has 0 bridgehead atoms. The van der Waals surface area contributed by atoms with Crippen LogP contribution in [0.25, 0.3) is 22.4 Å². The number of hydrogen-bond acceptors (Lipinski definition) is 5. The van der Waals surface area contributed by atoms with Crippen molar-refractivity contribution < 1.29 is 14.4 Å². The first-order valence-electron chi connectivity index (χ1n) is 8.26. The third kappa shape index (κ3) is 3.11. The highest BCUT2D eigenvalue weighted by Crippen LogP contribution is 2.26. The van der Waals surface area contributed by atoms with Crippen molar-refractivity contribution in [2.75, 3.05) is 0 Å². The van der Waals surface area contributed by atoms with E-state index < -0.39 is 23.6 Å². The highest BCUT2D eigenvalue weighted by molar-refractivity contribution is 7.80. The molecule has 2 amide bonds. The lowest BCUT2D eigenvalue weighted by atomic mass is 10.0. The van der Waals surface area contributed by atoms with E-state index in [1.54, 1.807) is 12.1 Å². The Kier molecular flexibility index (Phi) is 4.25. The van der Waals surface area contributed by atoms with Crippen molar-refractivity contribution in [3.05, 3.63) is 54.6 Å². The van der Waals surface area contributed by atoms with Crippen LogP contribution in [0, 0.1) is 5.92 Å². The highest BCUT2D eigenvalue weighted by atomic mass is 32.1. The number of benzene rings is 2. The molecule has 7 nitrogen and oxygen atoms in total. The second-order valence-corrected chi connectivity index (χ2v) is 6.49. The van der Waals surface area contributed by atoms with Gasteiger partial charge in [0.1, 0.15) is 11.7 Å². The van der Waals surface area contributed by atoms with E-state index in [9.17, 15) is 14.4 Å². The van der Waals surface area contributed by atoms with Crippen LogP contribution in [0.1, 0.15) is 11.2 Å². The largest absolute Gasteiger partial charge is 0.302 e. The third-order valence-electron chi connectivity index (χ3n) is 4.33. The first kappa shape index (κ1) is 17.0. The molecule has 0 aliphatic carbocycles. The van der Waals surface area contributed by atoms with Gasteiger partial charge >= 0.3 is 0 Å². The maximum atomic E-state index is 13.1. The summed E-state index contributed by atoms with van der Waals surface area (Å²) in [5.74, 6) is -2.24. The first-order chi connectivity index (χ1) is 13.0. The zero-order valence-electron chi connectivity index (χ0n) is 14.0. The lowest BCUT2D eigenvalue weighted by Gasteiger charge is -2.22. The van der Waals surface area contributed by atoms with Gasteiger partial charge in [-0.3, -0.25) is 19.0 Å². The SMILES string of the molecule is O=C1NC(=S)NC(=O)C1CC(=O)n1c(-c2ccccc2)nc2ccccc21. The van der Waals surface area contributed by atoms with Crippen LogP contribution in [0.15, 0.2) is 54.6 Å². The van der Waals surface area contributed by atoms with Gasteiger partial charge in [0.2, 0.25) is 17.7 Å². The number of rotatable bonds is 3. The molecule has 1 aromatic heterocycles. The van der Waals surface area contributed by atoms with Gasteiger partial charge in [-0.1, -0.05) is 42.5 Å². The van der Waals surface area contributed by atoms with Crippen molar-refractivity contribution in [2.24, 2.45) is 5.92 Å². The minimum absolute atomic E-state index is 0.0493. The molecule has 0 spiro atoms. The van der Waals surface area contributed by atoms with Crippen LogP contribution < -0.4 is 10.6 Å². The fraction of sp³-hybridized carbons (Fsp3) is 0.105. The minimum atomic E-state index is -1.14. The topological polar surface area (TPSA) is 93.1 Å². The Morgan fingerprint density at radius 2 is 1.63 bits per heavy atom. The number of para-hydroxylation sites is 2. The number of thiocarbonyl (C=S) groups is 1. The maximum absolute atomic E-state index is 13.1. The molecule has 1 aliphatic heterocycles. The van der Waals surface area contributed by atoms with E-state index >= 15 is 0 Å². The van der Waals surface area contributed by atoms with E-state index in [-0.39, 0.29) is 11.5 Å². The van der Waals surface area contributed by atoms with Crippen LogP contribution in [0.3, 0.4) is 0 Å². The average molecular weight is 378 g/mol. The lowest BCUT2D eigenvalue weighted by molar-refractivity contribution is -0.135. The molecule has 27 heavy (non-hydrogen) atoms. The van der Waals surface area contributed by atoms with Gasteiger partial charge in [-0.25, -0.2) is 4.98 Å². The number of aromatic nitrogens is 2. The monoisotopic (exact) mass is 378 g/mol. The van der Waals surface area contributed by atoms with Crippen LogP contribution in [-0.2, 0) is 9.59 Å². The number of carbonyl (C=O) groups is 3. The van der Waals surface area contributed by atoms with Crippen molar-refractivity contribution in [1.29, 1.82) is 0 Å². The Balaban J connectivity index is 1.76. The summed E-state index contributed by atoms with van der Waals surface area (Å²) in [4.78, 5) is 41.9. The average Bonchev–Trinajstić information content (AvgIpc) is 3.05. The van der Waals surface area contributed by atoms with Crippen molar-refractivity contribution in [3.8, 4) is 11.4 Å². The predicted molar refractivity (Wildman–Crippen MR) is 103 cm³/mol. The number of imidazole rings is 1. The lowest BCUT2D eigenvalue weighted by Crippen LogP contribution is -2.56. The molecule has 1 saturated heterocycles. The molecule has 3 aromatic rings. The Bertz CT molecular complexity index is 1070. The van der Waals surface area contributed by atoms with E-state index in [1.807, 2.05) is 42.5 Å². The van der Waals surface area contributed by atoms with Crippen molar-refractivity contribution in [1.82, 2.24) is 20.2 Å². The summed E-state index contributed by atoms with van der Waals surface area (Å²) in [5, 5.41) is 4.71. The van der Waals surface area contributed by atoms with E-state index in [2.05, 4.69) is 15.6 Å². The van der Waals surface area contributed by atoms with Gasteiger partial charge in [0.25, 0.3) is 0 Å². The van der Waals surface area contributed by atoms with Crippen LogP contribution in [0.5, 0.6) is 0 Å². The number of nitrogens with one attached hydrogen (secondary N) is 2. The number of carbonyl (C=O) groups excluding carboxylic acids is 3. The second kappa shape index (κ2) is 6.73. The number of hydrogen-bond donors (Lipinski definition) is 2. The third-order valence-corrected chi connectivity index (χ3v) is 4.53. The van der Waals surface area contributed by atoms with Crippen molar-refractivity contribution >= 4 is 46.1 Å². The summed E-state index contributed by atoms with van der Waals surface area (Å²) < 4.78 is 1.46. The molecule has 134 valence electrons. The van der Waals surface area contributed by atoms with E-state index in [0.29, 0.717) is 16.9 Å². The molecule has 1 aliphatic rings. The summed E-state index contributed by atoms with van der Waals surface area (Å²) in [6.45, 7) is 0. The summed E-state index contributed by atoms with van der Waals surface area (Å²) in [6, 6.07) is 16.5. The Hall–Kier alpha value is -3.39. The van der Waals surface area contributed by atoms with Gasteiger partial charge < -0.3 is 10.6 Å². The number of amides is 2. The highest BCUT2D eigenvalue weighted by Gasteiger charge is 2.35.